The van der Waals surface area contributed by atoms with Crippen molar-refractivity contribution in [1.82, 2.24) is 0 Å². The van der Waals surface area contributed by atoms with E-state index in [0.29, 0.717) is 30.6 Å². The third-order valence-electron chi connectivity index (χ3n) is 3.27. The normalized spacial score (nSPS) is 18.3. The molecule has 6 nitrogen and oxygen atoms in total. The Hall–Kier alpha value is -1.63. The Morgan fingerprint density at radius 3 is 2.68 bits per heavy atom. The van der Waals surface area contributed by atoms with Crippen molar-refractivity contribution in [1.29, 1.82) is 0 Å². The van der Waals surface area contributed by atoms with Crippen LogP contribution in [0.5, 0.6) is 0 Å². The summed E-state index contributed by atoms with van der Waals surface area (Å²) in [7, 11) is -3.28. The molecular weight excluding hydrogens is 268 g/mol. The molecule has 0 bridgehead atoms. The van der Waals surface area contributed by atoms with Crippen LogP contribution in [-0.4, -0.2) is 25.6 Å². The van der Waals surface area contributed by atoms with Crippen LogP contribution in [0, 0.1) is 10.1 Å². The van der Waals surface area contributed by atoms with Gasteiger partial charge >= 0.3 is 0 Å². The lowest BCUT2D eigenvalue weighted by molar-refractivity contribution is -0.384. The summed E-state index contributed by atoms with van der Waals surface area (Å²) in [5.41, 5.74) is 1.27. The molecule has 19 heavy (non-hydrogen) atoms. The summed E-state index contributed by atoms with van der Waals surface area (Å²) in [6.07, 6.45) is 2.05. The number of non-ortho nitro benzene ring substituents is 1. The van der Waals surface area contributed by atoms with E-state index in [1.807, 2.05) is 6.92 Å². The summed E-state index contributed by atoms with van der Waals surface area (Å²) in [5.74, 6) is 0.146. The first kappa shape index (κ1) is 13.8. The summed E-state index contributed by atoms with van der Waals surface area (Å²) < 4.78 is 25.5. The quantitative estimate of drug-likeness (QED) is 0.628. The maximum absolute atomic E-state index is 12.1. The highest BCUT2D eigenvalue weighted by Crippen LogP contribution is 2.30. The minimum Gasteiger partial charge on any atom is -0.270 e. The summed E-state index contributed by atoms with van der Waals surface area (Å²) in [6.45, 7) is 2.31. The molecule has 0 amide bonds. The first-order chi connectivity index (χ1) is 8.95. The topological polar surface area (TPSA) is 80.5 Å². The smallest absolute Gasteiger partial charge is 0.269 e. The van der Waals surface area contributed by atoms with Crippen LogP contribution >= 0.6 is 0 Å². The fourth-order valence-corrected chi connectivity index (χ4v) is 3.95. The van der Waals surface area contributed by atoms with Crippen LogP contribution in [0.15, 0.2) is 18.2 Å². The molecule has 1 aromatic rings. The van der Waals surface area contributed by atoms with Gasteiger partial charge in [0, 0.05) is 18.7 Å². The molecule has 104 valence electrons. The minimum atomic E-state index is -3.28. The van der Waals surface area contributed by atoms with E-state index in [4.69, 9.17) is 0 Å². The van der Waals surface area contributed by atoms with Gasteiger partial charge in [-0.1, -0.05) is 6.92 Å². The fourth-order valence-electron chi connectivity index (χ4n) is 2.27. The van der Waals surface area contributed by atoms with Gasteiger partial charge in [0.1, 0.15) is 0 Å². The molecule has 0 saturated carbocycles. The Bertz CT molecular complexity index is 598. The van der Waals surface area contributed by atoms with Crippen LogP contribution < -0.4 is 4.31 Å². The minimum absolute atomic E-state index is 0.00462. The molecule has 1 saturated heterocycles. The standard InChI is InChI=1S/C12H16N2O4S/c1-2-10-9-11(14(15)16)5-6-12(10)13-7-3-4-8-19(13,17)18/h5-6,9H,2-4,7-8H2,1H3. The average Bonchev–Trinajstić information content (AvgIpc) is 2.37. The Morgan fingerprint density at radius 1 is 1.37 bits per heavy atom. The van der Waals surface area contributed by atoms with E-state index in [1.165, 1.54) is 16.4 Å². The van der Waals surface area contributed by atoms with Crippen LogP contribution in [-0.2, 0) is 16.4 Å². The Kier molecular flexibility index (Phi) is 3.75. The van der Waals surface area contributed by atoms with E-state index in [0.717, 1.165) is 6.42 Å². The van der Waals surface area contributed by atoms with Gasteiger partial charge in [-0.15, -0.1) is 0 Å². The molecule has 0 aliphatic carbocycles. The third-order valence-corrected chi connectivity index (χ3v) is 5.13. The van der Waals surface area contributed by atoms with Crippen molar-refractivity contribution in [2.75, 3.05) is 16.6 Å². The van der Waals surface area contributed by atoms with Gasteiger partial charge in [-0.2, -0.15) is 0 Å². The number of aryl methyl sites for hydroxylation is 1. The number of sulfonamides is 1. The summed E-state index contributed by atoms with van der Waals surface area (Å²) in [4.78, 5) is 10.3. The molecule has 1 aliphatic rings. The van der Waals surface area contributed by atoms with Gasteiger partial charge in [0.25, 0.3) is 5.69 Å². The molecule has 1 heterocycles. The van der Waals surface area contributed by atoms with E-state index < -0.39 is 14.9 Å². The predicted octanol–water partition coefficient (Wildman–Crippen LogP) is 2.09. The maximum Gasteiger partial charge on any atom is 0.269 e. The number of hydrogen-bond acceptors (Lipinski definition) is 4. The molecule has 0 N–H and O–H groups in total. The van der Waals surface area contributed by atoms with E-state index in [9.17, 15) is 18.5 Å². The number of rotatable bonds is 3. The molecule has 0 spiro atoms. The molecule has 2 rings (SSSR count). The first-order valence-electron chi connectivity index (χ1n) is 6.23. The van der Waals surface area contributed by atoms with Crippen molar-refractivity contribution >= 4 is 21.4 Å². The van der Waals surface area contributed by atoms with Crippen molar-refractivity contribution in [3.63, 3.8) is 0 Å². The zero-order valence-corrected chi connectivity index (χ0v) is 11.5. The zero-order valence-electron chi connectivity index (χ0n) is 10.7. The molecule has 1 fully saturated rings. The first-order valence-corrected chi connectivity index (χ1v) is 7.84. The molecule has 1 aliphatic heterocycles. The molecule has 0 atom stereocenters. The number of anilines is 1. The largest absolute Gasteiger partial charge is 0.270 e. The van der Waals surface area contributed by atoms with Crippen molar-refractivity contribution in [2.24, 2.45) is 0 Å². The second-order valence-electron chi connectivity index (χ2n) is 4.52. The van der Waals surface area contributed by atoms with Crippen LogP contribution in [0.3, 0.4) is 0 Å². The third kappa shape index (κ3) is 2.70. The van der Waals surface area contributed by atoms with Crippen LogP contribution in [0.1, 0.15) is 25.3 Å². The van der Waals surface area contributed by atoms with Gasteiger partial charge in [0.2, 0.25) is 10.0 Å². The van der Waals surface area contributed by atoms with Crippen molar-refractivity contribution < 1.29 is 13.3 Å². The van der Waals surface area contributed by atoms with Crippen molar-refractivity contribution in [3.8, 4) is 0 Å². The molecule has 0 unspecified atom stereocenters. The molecule has 1 aromatic carbocycles. The highest BCUT2D eigenvalue weighted by molar-refractivity contribution is 7.92. The zero-order chi connectivity index (χ0) is 14.0. The SMILES string of the molecule is CCc1cc([N+](=O)[O-])ccc1N1CCCCS1(=O)=O. The number of hydrogen-bond donors (Lipinski definition) is 0. The summed E-state index contributed by atoms with van der Waals surface area (Å²) in [5, 5.41) is 10.8. The predicted molar refractivity (Wildman–Crippen MR) is 72.8 cm³/mol. The molecular formula is C12H16N2O4S. The maximum atomic E-state index is 12.1. The molecule has 7 heteroatoms. The lowest BCUT2D eigenvalue weighted by Crippen LogP contribution is -2.38. The van der Waals surface area contributed by atoms with Crippen LogP contribution in [0.4, 0.5) is 11.4 Å². The lowest BCUT2D eigenvalue weighted by Gasteiger charge is -2.29. The number of benzene rings is 1. The van der Waals surface area contributed by atoms with Gasteiger partial charge in [-0.3, -0.25) is 14.4 Å². The van der Waals surface area contributed by atoms with Gasteiger partial charge in [-0.25, -0.2) is 8.42 Å². The Labute approximate surface area is 112 Å². The van der Waals surface area contributed by atoms with Gasteiger partial charge in [0.15, 0.2) is 0 Å². The highest BCUT2D eigenvalue weighted by Gasteiger charge is 2.28. The molecule has 0 aromatic heterocycles. The molecule has 0 radical (unpaired) electrons. The average molecular weight is 284 g/mol. The van der Waals surface area contributed by atoms with Crippen molar-refractivity contribution in [2.45, 2.75) is 26.2 Å². The van der Waals surface area contributed by atoms with E-state index in [2.05, 4.69) is 0 Å². The van der Waals surface area contributed by atoms with Crippen molar-refractivity contribution in [3.05, 3.63) is 33.9 Å². The highest BCUT2D eigenvalue weighted by atomic mass is 32.2. The number of nitrogens with zero attached hydrogens (tertiary/aromatic N) is 2. The van der Waals surface area contributed by atoms with Gasteiger partial charge in [-0.05, 0) is 30.9 Å². The second-order valence-corrected chi connectivity index (χ2v) is 6.53. The van der Waals surface area contributed by atoms with Crippen LogP contribution in [0.2, 0.25) is 0 Å². The number of nitro groups is 1. The van der Waals surface area contributed by atoms with E-state index in [-0.39, 0.29) is 11.4 Å². The Balaban J connectivity index is 2.47. The lowest BCUT2D eigenvalue weighted by atomic mass is 10.1. The fraction of sp³-hybridized carbons (Fsp3) is 0.500. The Morgan fingerprint density at radius 2 is 2.11 bits per heavy atom. The van der Waals surface area contributed by atoms with E-state index >= 15 is 0 Å². The summed E-state index contributed by atoms with van der Waals surface area (Å²) in [6, 6.07) is 4.36. The second kappa shape index (κ2) is 5.16. The summed E-state index contributed by atoms with van der Waals surface area (Å²) >= 11 is 0. The monoisotopic (exact) mass is 284 g/mol. The van der Waals surface area contributed by atoms with Gasteiger partial charge in [0.05, 0.1) is 16.4 Å². The van der Waals surface area contributed by atoms with Gasteiger partial charge < -0.3 is 0 Å². The van der Waals surface area contributed by atoms with Crippen LogP contribution in [0.25, 0.3) is 0 Å². The van der Waals surface area contributed by atoms with E-state index in [1.54, 1.807) is 6.07 Å². The number of nitro benzene ring substituents is 1.